The summed E-state index contributed by atoms with van der Waals surface area (Å²) in [6.07, 6.45) is 0.915. The molecule has 1 aliphatic rings. The Labute approximate surface area is 91.2 Å². The lowest BCUT2D eigenvalue weighted by Gasteiger charge is -2.15. The standard InChI is InChI=1S/C13H18O2/c1-10-3-5-12(6-4-10)13-14-8-7-11(2)9-15-13/h3-6,11,13H,7-9H2,1-2H3. The van der Waals surface area contributed by atoms with Gasteiger partial charge >= 0.3 is 0 Å². The van der Waals surface area contributed by atoms with Crippen LogP contribution in [0.25, 0.3) is 0 Å². The highest BCUT2D eigenvalue weighted by Gasteiger charge is 2.18. The molecule has 2 rings (SSSR count). The maximum absolute atomic E-state index is 5.72. The highest BCUT2D eigenvalue weighted by atomic mass is 16.7. The summed E-state index contributed by atoms with van der Waals surface area (Å²) in [5.41, 5.74) is 2.38. The molecule has 0 spiro atoms. The van der Waals surface area contributed by atoms with E-state index < -0.39 is 0 Å². The first kappa shape index (κ1) is 10.7. The van der Waals surface area contributed by atoms with E-state index in [4.69, 9.17) is 9.47 Å². The topological polar surface area (TPSA) is 18.5 Å². The zero-order valence-electron chi connectivity index (χ0n) is 9.40. The van der Waals surface area contributed by atoms with E-state index in [1.54, 1.807) is 0 Å². The van der Waals surface area contributed by atoms with Crippen molar-refractivity contribution in [1.82, 2.24) is 0 Å². The fourth-order valence-corrected chi connectivity index (χ4v) is 1.68. The highest BCUT2D eigenvalue weighted by Crippen LogP contribution is 2.24. The van der Waals surface area contributed by atoms with Crippen molar-refractivity contribution in [3.05, 3.63) is 35.4 Å². The van der Waals surface area contributed by atoms with Crippen LogP contribution in [-0.2, 0) is 9.47 Å². The molecule has 1 fully saturated rings. The van der Waals surface area contributed by atoms with Crippen LogP contribution in [-0.4, -0.2) is 13.2 Å². The van der Waals surface area contributed by atoms with E-state index in [0.29, 0.717) is 5.92 Å². The first-order chi connectivity index (χ1) is 7.25. The summed E-state index contributed by atoms with van der Waals surface area (Å²) in [7, 11) is 0. The molecule has 2 heteroatoms. The van der Waals surface area contributed by atoms with Gasteiger partial charge in [-0.1, -0.05) is 36.8 Å². The van der Waals surface area contributed by atoms with Gasteiger partial charge in [0.2, 0.25) is 0 Å². The molecule has 2 atom stereocenters. The molecule has 1 heterocycles. The van der Waals surface area contributed by atoms with Gasteiger partial charge in [-0.15, -0.1) is 0 Å². The van der Waals surface area contributed by atoms with Crippen LogP contribution in [0.15, 0.2) is 24.3 Å². The van der Waals surface area contributed by atoms with Crippen LogP contribution in [0, 0.1) is 12.8 Å². The van der Waals surface area contributed by atoms with Crippen molar-refractivity contribution in [3.8, 4) is 0 Å². The lowest BCUT2D eigenvalue weighted by atomic mass is 10.1. The number of ether oxygens (including phenoxy) is 2. The fraction of sp³-hybridized carbons (Fsp3) is 0.538. The van der Waals surface area contributed by atoms with Crippen LogP contribution < -0.4 is 0 Å². The van der Waals surface area contributed by atoms with Crippen molar-refractivity contribution >= 4 is 0 Å². The van der Waals surface area contributed by atoms with Gasteiger partial charge in [0, 0.05) is 5.56 Å². The lowest BCUT2D eigenvalue weighted by Crippen LogP contribution is -2.07. The van der Waals surface area contributed by atoms with Gasteiger partial charge in [0.25, 0.3) is 0 Å². The summed E-state index contributed by atoms with van der Waals surface area (Å²) in [6.45, 7) is 5.86. The molecule has 2 nitrogen and oxygen atoms in total. The molecule has 0 radical (unpaired) electrons. The molecule has 82 valence electrons. The number of rotatable bonds is 1. The van der Waals surface area contributed by atoms with Crippen LogP contribution >= 0.6 is 0 Å². The molecule has 0 aliphatic carbocycles. The Morgan fingerprint density at radius 1 is 1.13 bits per heavy atom. The van der Waals surface area contributed by atoms with Crippen molar-refractivity contribution in [2.75, 3.05) is 13.2 Å². The monoisotopic (exact) mass is 206 g/mol. The van der Waals surface area contributed by atoms with Crippen molar-refractivity contribution in [1.29, 1.82) is 0 Å². The maximum Gasteiger partial charge on any atom is 0.183 e. The third kappa shape index (κ3) is 2.80. The minimum atomic E-state index is -0.171. The Hall–Kier alpha value is -0.860. The second kappa shape index (κ2) is 4.77. The summed E-state index contributed by atoms with van der Waals surface area (Å²) >= 11 is 0. The predicted octanol–water partition coefficient (Wildman–Crippen LogP) is 3.07. The lowest BCUT2D eigenvalue weighted by molar-refractivity contribution is -0.132. The van der Waals surface area contributed by atoms with Crippen molar-refractivity contribution in [3.63, 3.8) is 0 Å². The fourth-order valence-electron chi connectivity index (χ4n) is 1.68. The average Bonchev–Trinajstić information content (AvgIpc) is 2.44. The van der Waals surface area contributed by atoms with Gasteiger partial charge in [0.15, 0.2) is 6.29 Å². The molecule has 0 aromatic heterocycles. The molecular formula is C13H18O2. The predicted molar refractivity (Wildman–Crippen MR) is 59.6 cm³/mol. The Kier molecular flexibility index (Phi) is 3.39. The van der Waals surface area contributed by atoms with E-state index in [9.17, 15) is 0 Å². The zero-order chi connectivity index (χ0) is 10.7. The molecule has 0 N–H and O–H groups in total. The molecule has 0 bridgehead atoms. The minimum Gasteiger partial charge on any atom is -0.348 e. The summed E-state index contributed by atoms with van der Waals surface area (Å²) in [5, 5.41) is 0. The normalized spacial score (nSPS) is 27.3. The molecule has 15 heavy (non-hydrogen) atoms. The van der Waals surface area contributed by atoms with Gasteiger partial charge in [-0.3, -0.25) is 0 Å². The van der Waals surface area contributed by atoms with E-state index in [0.717, 1.165) is 25.2 Å². The molecule has 1 aromatic carbocycles. The first-order valence-electron chi connectivity index (χ1n) is 5.55. The first-order valence-corrected chi connectivity index (χ1v) is 5.55. The van der Waals surface area contributed by atoms with Crippen molar-refractivity contribution < 1.29 is 9.47 Å². The third-order valence-corrected chi connectivity index (χ3v) is 2.76. The number of hydrogen-bond donors (Lipinski definition) is 0. The van der Waals surface area contributed by atoms with E-state index in [1.807, 2.05) is 0 Å². The molecule has 1 aromatic rings. The van der Waals surface area contributed by atoms with E-state index in [2.05, 4.69) is 38.1 Å². The van der Waals surface area contributed by atoms with Gasteiger partial charge in [0.1, 0.15) is 0 Å². The van der Waals surface area contributed by atoms with Crippen LogP contribution in [0.5, 0.6) is 0 Å². The number of hydrogen-bond acceptors (Lipinski definition) is 2. The van der Waals surface area contributed by atoms with Crippen LogP contribution in [0.3, 0.4) is 0 Å². The van der Waals surface area contributed by atoms with Crippen LogP contribution in [0.4, 0.5) is 0 Å². The van der Waals surface area contributed by atoms with Gasteiger partial charge in [-0.2, -0.15) is 0 Å². The number of benzene rings is 1. The Morgan fingerprint density at radius 3 is 2.60 bits per heavy atom. The smallest absolute Gasteiger partial charge is 0.183 e. The third-order valence-electron chi connectivity index (χ3n) is 2.76. The largest absolute Gasteiger partial charge is 0.348 e. The Balaban J connectivity index is 2.06. The minimum absolute atomic E-state index is 0.171. The summed E-state index contributed by atoms with van der Waals surface area (Å²) in [5.74, 6) is 0.598. The number of aryl methyl sites for hydroxylation is 1. The Bertz CT molecular complexity index is 305. The Morgan fingerprint density at radius 2 is 1.87 bits per heavy atom. The summed E-state index contributed by atoms with van der Waals surface area (Å²) in [6, 6.07) is 8.35. The van der Waals surface area contributed by atoms with Crippen LogP contribution in [0.2, 0.25) is 0 Å². The highest BCUT2D eigenvalue weighted by molar-refractivity contribution is 5.22. The van der Waals surface area contributed by atoms with E-state index in [-0.39, 0.29) is 6.29 Å². The van der Waals surface area contributed by atoms with Gasteiger partial charge in [-0.25, -0.2) is 0 Å². The summed E-state index contributed by atoms with van der Waals surface area (Å²) in [4.78, 5) is 0. The SMILES string of the molecule is Cc1ccc(C2OCCC(C)CO2)cc1. The van der Waals surface area contributed by atoms with Crippen molar-refractivity contribution in [2.24, 2.45) is 5.92 Å². The molecule has 1 saturated heterocycles. The molecule has 0 amide bonds. The quantitative estimate of drug-likeness (QED) is 0.703. The van der Waals surface area contributed by atoms with Gasteiger partial charge in [-0.05, 0) is 19.3 Å². The summed E-state index contributed by atoms with van der Waals surface area (Å²) < 4.78 is 11.4. The van der Waals surface area contributed by atoms with Gasteiger partial charge < -0.3 is 9.47 Å². The van der Waals surface area contributed by atoms with E-state index in [1.165, 1.54) is 5.56 Å². The molecule has 0 saturated carbocycles. The second-order valence-corrected chi connectivity index (χ2v) is 4.34. The molecule has 1 aliphatic heterocycles. The second-order valence-electron chi connectivity index (χ2n) is 4.34. The molecule has 2 unspecified atom stereocenters. The molecular weight excluding hydrogens is 188 g/mol. The van der Waals surface area contributed by atoms with E-state index >= 15 is 0 Å². The van der Waals surface area contributed by atoms with Gasteiger partial charge in [0.05, 0.1) is 13.2 Å². The zero-order valence-corrected chi connectivity index (χ0v) is 9.40. The van der Waals surface area contributed by atoms with Crippen LogP contribution in [0.1, 0.15) is 30.8 Å². The average molecular weight is 206 g/mol. The van der Waals surface area contributed by atoms with Crippen molar-refractivity contribution in [2.45, 2.75) is 26.6 Å². The maximum atomic E-state index is 5.72.